The van der Waals surface area contributed by atoms with Crippen LogP contribution in [0, 0.1) is 5.41 Å². The number of aromatic nitrogens is 2. The molecule has 0 radical (unpaired) electrons. The molecule has 0 bridgehead atoms. The Morgan fingerprint density at radius 3 is 2.68 bits per heavy atom. The first kappa shape index (κ1) is 18.4. The topological polar surface area (TPSA) is 82.2 Å². The van der Waals surface area contributed by atoms with Crippen LogP contribution in [0.1, 0.15) is 70.9 Å². The van der Waals surface area contributed by atoms with Gasteiger partial charge in [0.05, 0.1) is 11.8 Å². The van der Waals surface area contributed by atoms with Gasteiger partial charge in [-0.1, -0.05) is 33.1 Å². The van der Waals surface area contributed by atoms with Crippen molar-refractivity contribution in [2.24, 2.45) is 18.2 Å². The molecule has 0 aromatic carbocycles. The average molecular weight is 348 g/mol. The van der Waals surface area contributed by atoms with Gasteiger partial charge < -0.3 is 15.8 Å². The predicted molar refractivity (Wildman–Crippen MR) is 98.4 cm³/mol. The third-order valence-electron chi connectivity index (χ3n) is 6.40. The van der Waals surface area contributed by atoms with E-state index in [9.17, 15) is 4.79 Å². The Hall–Kier alpha value is -1.40. The zero-order valence-corrected chi connectivity index (χ0v) is 16.0. The number of aryl methyl sites for hydroxylation is 1. The fraction of sp³-hybridized carbons (Fsp3) is 0.789. The summed E-state index contributed by atoms with van der Waals surface area (Å²) in [5.74, 6) is 1.10. The Balaban J connectivity index is 1.70. The molecule has 2 aliphatic rings. The molecular formula is C19H32N4O2. The van der Waals surface area contributed by atoms with Crippen LogP contribution in [0.2, 0.25) is 0 Å². The molecule has 2 unspecified atom stereocenters. The van der Waals surface area contributed by atoms with E-state index in [4.69, 9.17) is 10.5 Å². The average Bonchev–Trinajstić information content (AvgIpc) is 2.96. The molecule has 2 aliphatic carbocycles. The lowest BCUT2D eigenvalue weighted by Gasteiger charge is -2.57. The van der Waals surface area contributed by atoms with Crippen molar-refractivity contribution < 1.29 is 9.53 Å². The van der Waals surface area contributed by atoms with Crippen LogP contribution in [0.25, 0.3) is 0 Å². The molecule has 6 heteroatoms. The first-order valence-electron chi connectivity index (χ1n) is 9.55. The number of nitrogens with two attached hydrogens (primary N) is 1. The van der Waals surface area contributed by atoms with Gasteiger partial charge in [-0.25, -0.2) is 0 Å². The number of amides is 1. The van der Waals surface area contributed by atoms with Crippen LogP contribution in [-0.4, -0.2) is 33.9 Å². The number of hydrogen-bond acceptors (Lipinski definition) is 4. The van der Waals surface area contributed by atoms with Crippen molar-refractivity contribution in [3.63, 3.8) is 0 Å². The second kappa shape index (κ2) is 6.72. The highest BCUT2D eigenvalue weighted by molar-refractivity contribution is 5.99. The quantitative estimate of drug-likeness (QED) is 0.857. The van der Waals surface area contributed by atoms with Crippen molar-refractivity contribution in [3.05, 3.63) is 11.8 Å². The summed E-state index contributed by atoms with van der Waals surface area (Å²) in [5.41, 5.74) is 6.25. The SMILES string of the molecule is CCOC1CC(N)(C(=O)Nc2cc(C3CCCCC3)nn2C)C1(C)C. The number of ether oxygens (including phenoxy) is 1. The van der Waals surface area contributed by atoms with Gasteiger partial charge in [-0.3, -0.25) is 9.48 Å². The minimum atomic E-state index is -0.915. The zero-order valence-electron chi connectivity index (χ0n) is 16.0. The van der Waals surface area contributed by atoms with Crippen LogP contribution in [0.5, 0.6) is 0 Å². The van der Waals surface area contributed by atoms with E-state index in [1.54, 1.807) is 4.68 Å². The molecule has 0 aliphatic heterocycles. The third kappa shape index (κ3) is 3.10. The van der Waals surface area contributed by atoms with Crippen LogP contribution in [0.3, 0.4) is 0 Å². The maximum atomic E-state index is 12.9. The highest BCUT2D eigenvalue weighted by Gasteiger charge is 2.63. The Morgan fingerprint density at radius 2 is 2.08 bits per heavy atom. The highest BCUT2D eigenvalue weighted by atomic mass is 16.5. The van der Waals surface area contributed by atoms with E-state index in [0.717, 1.165) is 11.5 Å². The second-order valence-electron chi connectivity index (χ2n) is 8.21. The van der Waals surface area contributed by atoms with E-state index in [1.807, 2.05) is 33.9 Å². The highest BCUT2D eigenvalue weighted by Crippen LogP contribution is 2.50. The van der Waals surface area contributed by atoms with Crippen molar-refractivity contribution in [2.45, 2.75) is 76.9 Å². The summed E-state index contributed by atoms with van der Waals surface area (Å²) in [6.07, 6.45) is 6.80. The lowest BCUT2D eigenvalue weighted by Crippen LogP contribution is -2.74. The normalized spacial score (nSPS) is 29.2. The van der Waals surface area contributed by atoms with Gasteiger partial charge in [0.2, 0.25) is 5.91 Å². The molecule has 2 atom stereocenters. The van der Waals surface area contributed by atoms with Gasteiger partial charge in [0, 0.05) is 37.5 Å². The maximum Gasteiger partial charge on any atom is 0.246 e. The van der Waals surface area contributed by atoms with Gasteiger partial charge in [0.25, 0.3) is 0 Å². The minimum absolute atomic E-state index is 0.0255. The van der Waals surface area contributed by atoms with E-state index < -0.39 is 11.0 Å². The van der Waals surface area contributed by atoms with Crippen LogP contribution in [0.15, 0.2) is 6.07 Å². The third-order valence-corrected chi connectivity index (χ3v) is 6.40. The number of nitrogens with zero attached hydrogens (tertiary/aromatic N) is 2. The molecule has 1 aromatic heterocycles. The molecule has 1 aromatic rings. The largest absolute Gasteiger partial charge is 0.378 e. The van der Waals surface area contributed by atoms with Crippen LogP contribution >= 0.6 is 0 Å². The van der Waals surface area contributed by atoms with E-state index in [-0.39, 0.29) is 12.0 Å². The molecule has 2 saturated carbocycles. The zero-order chi connectivity index (χ0) is 18.2. The molecule has 3 N–H and O–H groups in total. The maximum absolute atomic E-state index is 12.9. The monoisotopic (exact) mass is 348 g/mol. The summed E-state index contributed by atoms with van der Waals surface area (Å²) in [7, 11) is 1.88. The van der Waals surface area contributed by atoms with Gasteiger partial charge in [-0.05, 0) is 19.8 Å². The Morgan fingerprint density at radius 1 is 1.40 bits per heavy atom. The molecule has 3 rings (SSSR count). The van der Waals surface area contributed by atoms with Gasteiger partial charge in [-0.15, -0.1) is 0 Å². The van der Waals surface area contributed by atoms with Gasteiger partial charge in [-0.2, -0.15) is 5.10 Å². The summed E-state index contributed by atoms with van der Waals surface area (Å²) >= 11 is 0. The number of carbonyl (C=O) groups is 1. The lowest BCUT2D eigenvalue weighted by atomic mass is 9.54. The van der Waals surface area contributed by atoms with Crippen molar-refractivity contribution in [1.29, 1.82) is 0 Å². The molecule has 0 spiro atoms. The second-order valence-corrected chi connectivity index (χ2v) is 8.21. The molecule has 25 heavy (non-hydrogen) atoms. The Labute approximate surface area is 150 Å². The number of hydrogen-bond donors (Lipinski definition) is 2. The lowest BCUT2D eigenvalue weighted by molar-refractivity contribution is -0.166. The number of carbonyl (C=O) groups excluding carboxylic acids is 1. The van der Waals surface area contributed by atoms with E-state index in [1.165, 1.54) is 32.1 Å². The van der Waals surface area contributed by atoms with E-state index in [2.05, 4.69) is 10.4 Å². The fourth-order valence-electron chi connectivity index (χ4n) is 4.25. The fourth-order valence-corrected chi connectivity index (χ4v) is 4.25. The van der Waals surface area contributed by atoms with Crippen LogP contribution in [0.4, 0.5) is 5.82 Å². The summed E-state index contributed by atoms with van der Waals surface area (Å²) in [6.45, 7) is 6.62. The van der Waals surface area contributed by atoms with Crippen LogP contribution < -0.4 is 11.1 Å². The number of nitrogens with one attached hydrogen (secondary N) is 1. The molecule has 1 heterocycles. The van der Waals surface area contributed by atoms with E-state index in [0.29, 0.717) is 18.9 Å². The van der Waals surface area contributed by atoms with Crippen LogP contribution in [-0.2, 0) is 16.6 Å². The summed E-state index contributed by atoms with van der Waals surface area (Å²) in [5, 5.41) is 7.64. The first-order chi connectivity index (χ1) is 11.8. The van der Waals surface area contributed by atoms with Gasteiger partial charge in [0.1, 0.15) is 11.4 Å². The Bertz CT molecular complexity index is 633. The molecule has 0 saturated heterocycles. The van der Waals surface area contributed by atoms with Gasteiger partial charge in [0.15, 0.2) is 0 Å². The van der Waals surface area contributed by atoms with Crippen molar-refractivity contribution >= 4 is 11.7 Å². The van der Waals surface area contributed by atoms with Crippen molar-refractivity contribution in [1.82, 2.24) is 9.78 Å². The number of anilines is 1. The summed E-state index contributed by atoms with van der Waals surface area (Å²) in [4.78, 5) is 12.9. The Kier molecular flexibility index (Phi) is 4.95. The smallest absolute Gasteiger partial charge is 0.246 e. The molecule has 6 nitrogen and oxygen atoms in total. The standard InChI is InChI=1S/C19H32N4O2/c1-5-25-15-12-19(20,18(15,2)3)17(24)21-16-11-14(22-23(16)4)13-9-7-6-8-10-13/h11,13,15H,5-10,12,20H2,1-4H3,(H,21,24). The van der Waals surface area contributed by atoms with E-state index >= 15 is 0 Å². The van der Waals surface area contributed by atoms with Gasteiger partial charge >= 0.3 is 0 Å². The minimum Gasteiger partial charge on any atom is -0.378 e. The number of rotatable bonds is 5. The van der Waals surface area contributed by atoms with Crippen molar-refractivity contribution in [2.75, 3.05) is 11.9 Å². The molecular weight excluding hydrogens is 316 g/mol. The summed E-state index contributed by atoms with van der Waals surface area (Å²) in [6, 6.07) is 2.02. The van der Waals surface area contributed by atoms with Crippen molar-refractivity contribution in [3.8, 4) is 0 Å². The summed E-state index contributed by atoms with van der Waals surface area (Å²) < 4.78 is 7.48. The first-order valence-corrected chi connectivity index (χ1v) is 9.55. The molecule has 2 fully saturated rings. The predicted octanol–water partition coefficient (Wildman–Crippen LogP) is 2.94. The molecule has 140 valence electrons. The molecule has 1 amide bonds.